The van der Waals surface area contributed by atoms with E-state index in [2.05, 4.69) is 0 Å². The van der Waals surface area contributed by atoms with Gasteiger partial charge >= 0.3 is 5.97 Å². The van der Waals surface area contributed by atoms with E-state index in [1.807, 2.05) is 60.8 Å². The van der Waals surface area contributed by atoms with Crippen molar-refractivity contribution >= 4 is 46.3 Å². The third-order valence-corrected chi connectivity index (χ3v) is 6.19. The number of hydrogen-bond donors (Lipinski definition) is 1. The third-order valence-electron chi connectivity index (χ3n) is 4.82. The van der Waals surface area contributed by atoms with Crippen LogP contribution in [0.3, 0.4) is 0 Å². The van der Waals surface area contributed by atoms with Crippen molar-refractivity contribution in [2.24, 2.45) is 0 Å². The van der Waals surface area contributed by atoms with Crippen LogP contribution < -0.4 is 4.74 Å². The van der Waals surface area contributed by atoms with E-state index >= 15 is 0 Å². The van der Waals surface area contributed by atoms with E-state index in [0.717, 1.165) is 28.6 Å². The molecule has 1 N–H and O–H groups in total. The van der Waals surface area contributed by atoms with E-state index in [1.54, 1.807) is 17.9 Å². The molecule has 3 aromatic rings. The molecule has 2 heterocycles. The Morgan fingerprint density at radius 3 is 2.72 bits per heavy atom. The summed E-state index contributed by atoms with van der Waals surface area (Å²) in [5.41, 5.74) is 3.14. The molecule has 9 heteroatoms. The zero-order valence-corrected chi connectivity index (χ0v) is 18.7. The van der Waals surface area contributed by atoms with Crippen LogP contribution in [0.15, 0.2) is 65.7 Å². The summed E-state index contributed by atoms with van der Waals surface area (Å²) in [6.45, 7) is 0.0450. The number of carbonyl (C=O) groups is 2. The molecule has 0 radical (unpaired) electrons. The molecule has 1 aliphatic heterocycles. The van der Waals surface area contributed by atoms with Crippen LogP contribution in [0, 0.1) is 0 Å². The fraction of sp³-hybridized carbons (Fsp3) is 0.130. The highest BCUT2D eigenvalue weighted by atomic mass is 32.2. The Morgan fingerprint density at radius 1 is 1.22 bits per heavy atom. The normalized spacial score (nSPS) is 14.9. The lowest BCUT2D eigenvalue weighted by Crippen LogP contribution is -2.30. The van der Waals surface area contributed by atoms with Crippen LogP contribution in [0.1, 0.15) is 12.0 Å². The molecule has 2 aromatic carbocycles. The first-order chi connectivity index (χ1) is 15.5. The van der Waals surface area contributed by atoms with Crippen molar-refractivity contribution in [1.29, 1.82) is 0 Å². The summed E-state index contributed by atoms with van der Waals surface area (Å²) in [5, 5.41) is 13.7. The van der Waals surface area contributed by atoms with Gasteiger partial charge in [-0.3, -0.25) is 14.5 Å². The van der Waals surface area contributed by atoms with Gasteiger partial charge in [0.1, 0.15) is 15.8 Å². The molecule has 1 aromatic heterocycles. The lowest BCUT2D eigenvalue weighted by Gasteiger charge is -2.12. The van der Waals surface area contributed by atoms with E-state index in [-0.39, 0.29) is 18.9 Å². The highest BCUT2D eigenvalue weighted by molar-refractivity contribution is 8.26. The number of thioether (sulfide) groups is 1. The van der Waals surface area contributed by atoms with Crippen molar-refractivity contribution in [2.75, 3.05) is 13.7 Å². The number of nitrogens with zero attached hydrogens (tertiary/aromatic N) is 3. The molecule has 0 aliphatic carbocycles. The van der Waals surface area contributed by atoms with E-state index in [1.165, 1.54) is 4.90 Å². The maximum absolute atomic E-state index is 12.9. The largest absolute Gasteiger partial charge is 0.497 e. The summed E-state index contributed by atoms with van der Waals surface area (Å²) in [6.07, 6.45) is 3.44. The quantitative estimate of drug-likeness (QED) is 0.413. The number of benzene rings is 2. The smallest absolute Gasteiger partial charge is 0.305 e. The molecule has 1 fully saturated rings. The first kappa shape index (κ1) is 21.8. The van der Waals surface area contributed by atoms with Gasteiger partial charge in [0, 0.05) is 23.9 Å². The van der Waals surface area contributed by atoms with Crippen molar-refractivity contribution in [3.63, 3.8) is 0 Å². The summed E-state index contributed by atoms with van der Waals surface area (Å²) in [5.74, 6) is -0.583. The Hall–Kier alpha value is -3.43. The van der Waals surface area contributed by atoms with Crippen molar-refractivity contribution < 1.29 is 19.4 Å². The van der Waals surface area contributed by atoms with E-state index < -0.39 is 5.97 Å². The van der Waals surface area contributed by atoms with Crippen LogP contribution in [0.25, 0.3) is 23.0 Å². The number of rotatable bonds is 7. The molecule has 0 unspecified atom stereocenters. The number of methoxy groups -OCH3 is 1. The Morgan fingerprint density at radius 2 is 2.00 bits per heavy atom. The number of aliphatic carboxylic acids is 1. The Balaban J connectivity index is 1.76. The monoisotopic (exact) mass is 465 g/mol. The van der Waals surface area contributed by atoms with Crippen molar-refractivity contribution in [1.82, 2.24) is 14.7 Å². The van der Waals surface area contributed by atoms with Crippen molar-refractivity contribution in [3.8, 4) is 22.7 Å². The summed E-state index contributed by atoms with van der Waals surface area (Å²) < 4.78 is 7.46. The minimum absolute atomic E-state index is 0.0450. The minimum atomic E-state index is -0.979. The van der Waals surface area contributed by atoms with Crippen LogP contribution in [0.2, 0.25) is 0 Å². The molecule has 0 saturated carbocycles. The van der Waals surface area contributed by atoms with Crippen molar-refractivity contribution in [2.45, 2.75) is 6.42 Å². The molecular formula is C23H19N3O4S2. The topological polar surface area (TPSA) is 84.7 Å². The standard InChI is InChI=1S/C23H19N3O4S2/c1-30-18-9-5-6-15(12-18)21-16(14-26(24-21)17-7-3-2-4-8-17)13-19-22(29)25(23(31)32-19)11-10-20(27)28/h2-9,12-14H,10-11H2,1H3,(H,27,28)/b19-13-. The SMILES string of the molecule is COc1cccc(-c2nn(-c3ccccc3)cc2/C=C2\SC(=S)N(CCC(=O)O)C2=O)c1. The van der Waals surface area contributed by atoms with E-state index in [9.17, 15) is 9.59 Å². The molecule has 1 aliphatic rings. The fourth-order valence-corrected chi connectivity index (χ4v) is 4.54. The third kappa shape index (κ3) is 4.58. The number of aromatic nitrogens is 2. The Bertz CT molecular complexity index is 1220. The first-order valence-corrected chi connectivity index (χ1v) is 11.0. The van der Waals surface area contributed by atoms with Gasteiger partial charge in [-0.15, -0.1) is 0 Å². The van der Waals surface area contributed by atoms with Gasteiger partial charge in [-0.2, -0.15) is 5.10 Å². The summed E-state index contributed by atoms with van der Waals surface area (Å²) in [7, 11) is 1.60. The molecular weight excluding hydrogens is 446 g/mol. The van der Waals surface area contributed by atoms with Crippen LogP contribution in [0.4, 0.5) is 0 Å². The highest BCUT2D eigenvalue weighted by Crippen LogP contribution is 2.35. The summed E-state index contributed by atoms with van der Waals surface area (Å²) in [4.78, 5) is 25.5. The fourth-order valence-electron chi connectivity index (χ4n) is 3.24. The molecule has 162 valence electrons. The lowest BCUT2D eigenvalue weighted by molar-refractivity contribution is -0.137. The predicted molar refractivity (Wildman–Crippen MR) is 128 cm³/mol. The van der Waals surface area contributed by atoms with Gasteiger partial charge in [0.2, 0.25) is 0 Å². The van der Waals surface area contributed by atoms with Gasteiger partial charge in [-0.1, -0.05) is 54.3 Å². The maximum atomic E-state index is 12.9. The number of carboxylic acid groups (broad SMARTS) is 1. The summed E-state index contributed by atoms with van der Waals surface area (Å²) >= 11 is 6.46. The molecule has 0 atom stereocenters. The molecule has 1 amide bonds. The number of amides is 1. The van der Waals surface area contributed by atoms with E-state index in [4.69, 9.17) is 27.2 Å². The molecule has 1 saturated heterocycles. The molecule has 0 spiro atoms. The average Bonchev–Trinajstić information content (AvgIpc) is 3.34. The van der Waals surface area contributed by atoms with Crippen LogP contribution in [-0.4, -0.2) is 49.6 Å². The van der Waals surface area contributed by atoms with Gasteiger partial charge in [0.25, 0.3) is 5.91 Å². The van der Waals surface area contributed by atoms with Crippen LogP contribution in [0.5, 0.6) is 5.75 Å². The van der Waals surface area contributed by atoms with E-state index in [0.29, 0.717) is 20.7 Å². The van der Waals surface area contributed by atoms with Gasteiger partial charge in [-0.25, -0.2) is 4.68 Å². The van der Waals surface area contributed by atoms with Crippen molar-refractivity contribution in [3.05, 3.63) is 71.3 Å². The number of hydrogen-bond acceptors (Lipinski definition) is 6. The zero-order valence-electron chi connectivity index (χ0n) is 17.1. The number of para-hydroxylation sites is 1. The maximum Gasteiger partial charge on any atom is 0.305 e. The second-order valence-corrected chi connectivity index (χ2v) is 8.60. The Labute approximate surface area is 194 Å². The Kier molecular flexibility index (Phi) is 6.38. The number of carboxylic acids is 1. The molecule has 32 heavy (non-hydrogen) atoms. The average molecular weight is 466 g/mol. The molecule has 0 bridgehead atoms. The van der Waals surface area contributed by atoms with Crippen LogP contribution in [-0.2, 0) is 9.59 Å². The lowest BCUT2D eigenvalue weighted by atomic mass is 10.1. The first-order valence-electron chi connectivity index (χ1n) is 9.73. The second-order valence-electron chi connectivity index (χ2n) is 6.92. The minimum Gasteiger partial charge on any atom is -0.497 e. The molecule has 7 nitrogen and oxygen atoms in total. The highest BCUT2D eigenvalue weighted by Gasteiger charge is 2.32. The number of ether oxygens (including phenoxy) is 1. The number of thiocarbonyl (C=S) groups is 1. The van der Waals surface area contributed by atoms with Gasteiger partial charge in [-0.05, 0) is 30.3 Å². The second kappa shape index (κ2) is 9.37. The zero-order chi connectivity index (χ0) is 22.7. The number of carbonyl (C=O) groups excluding carboxylic acids is 1. The van der Waals surface area contributed by atoms with Gasteiger partial charge in [0.15, 0.2) is 0 Å². The molecule has 4 rings (SSSR count). The van der Waals surface area contributed by atoms with Gasteiger partial charge in [0.05, 0.1) is 24.1 Å². The predicted octanol–water partition coefficient (Wildman–Crippen LogP) is 4.22. The van der Waals surface area contributed by atoms with Crippen LogP contribution >= 0.6 is 24.0 Å². The van der Waals surface area contributed by atoms with Gasteiger partial charge < -0.3 is 9.84 Å². The summed E-state index contributed by atoms with van der Waals surface area (Å²) in [6, 6.07) is 17.2.